The van der Waals surface area contributed by atoms with Crippen molar-refractivity contribution in [3.63, 3.8) is 0 Å². The van der Waals surface area contributed by atoms with Crippen molar-refractivity contribution in [1.82, 2.24) is 14.9 Å². The van der Waals surface area contributed by atoms with Crippen molar-refractivity contribution in [2.75, 3.05) is 17.3 Å². The van der Waals surface area contributed by atoms with Gasteiger partial charge in [-0.3, -0.25) is 24.3 Å². The van der Waals surface area contributed by atoms with Gasteiger partial charge in [0.25, 0.3) is 11.8 Å². The van der Waals surface area contributed by atoms with E-state index in [2.05, 4.69) is 15.3 Å². The van der Waals surface area contributed by atoms with E-state index in [1.165, 1.54) is 11.3 Å². The zero-order valence-electron chi connectivity index (χ0n) is 16.1. The molecule has 7 nitrogen and oxygen atoms in total. The number of nitrogens with one attached hydrogen (secondary N) is 1. The van der Waals surface area contributed by atoms with Crippen LogP contribution in [0.25, 0.3) is 11.4 Å². The Balaban J connectivity index is 1.56. The van der Waals surface area contributed by atoms with Crippen LogP contribution < -0.4 is 5.32 Å². The molecular weight excluding hydrogens is 420 g/mol. The van der Waals surface area contributed by atoms with Crippen molar-refractivity contribution in [3.8, 4) is 11.4 Å². The maximum Gasteiger partial charge on any atom is 0.262 e. The van der Waals surface area contributed by atoms with Gasteiger partial charge in [-0.2, -0.15) is 11.8 Å². The van der Waals surface area contributed by atoms with Gasteiger partial charge in [-0.05, 0) is 42.7 Å². The van der Waals surface area contributed by atoms with Crippen LogP contribution in [0.5, 0.6) is 0 Å². The molecule has 4 rings (SSSR count). The summed E-state index contributed by atoms with van der Waals surface area (Å²) in [6.07, 6.45) is 3.95. The molecule has 2 aromatic heterocycles. The summed E-state index contributed by atoms with van der Waals surface area (Å²) < 4.78 is 0. The molecule has 0 saturated carbocycles. The summed E-state index contributed by atoms with van der Waals surface area (Å²) in [7, 11) is 0. The molecule has 9 heteroatoms. The number of carbonyl (C=O) groups excluding carboxylic acids is 3. The summed E-state index contributed by atoms with van der Waals surface area (Å²) in [5, 5.41) is 4.97. The second kappa shape index (κ2) is 8.76. The predicted molar refractivity (Wildman–Crippen MR) is 118 cm³/mol. The van der Waals surface area contributed by atoms with Crippen molar-refractivity contribution in [1.29, 1.82) is 0 Å². The number of aromatic nitrogens is 2. The van der Waals surface area contributed by atoms with Gasteiger partial charge in [0, 0.05) is 11.6 Å². The minimum Gasteiger partial charge on any atom is -0.300 e. The number of benzene rings is 1. The highest BCUT2D eigenvalue weighted by atomic mass is 32.2. The third kappa shape index (κ3) is 3.86. The van der Waals surface area contributed by atoms with Crippen molar-refractivity contribution in [2.45, 2.75) is 12.5 Å². The average molecular weight is 439 g/mol. The number of hydrogen-bond donors (Lipinski definition) is 1. The Labute approximate surface area is 181 Å². The van der Waals surface area contributed by atoms with Crippen LogP contribution in [-0.2, 0) is 4.79 Å². The van der Waals surface area contributed by atoms with Crippen molar-refractivity contribution in [3.05, 3.63) is 65.2 Å². The Morgan fingerprint density at radius 3 is 2.43 bits per heavy atom. The quantitative estimate of drug-likeness (QED) is 0.567. The fraction of sp³-hybridized carbons (Fsp3) is 0.190. The number of nitrogens with zero attached hydrogens (tertiary/aromatic N) is 3. The van der Waals surface area contributed by atoms with E-state index in [1.807, 2.05) is 24.5 Å². The van der Waals surface area contributed by atoms with Crippen molar-refractivity contribution in [2.24, 2.45) is 0 Å². The molecule has 1 aliphatic rings. The lowest BCUT2D eigenvalue weighted by Crippen LogP contribution is -2.47. The van der Waals surface area contributed by atoms with Crippen LogP contribution in [0.4, 0.5) is 5.13 Å². The molecule has 1 aliphatic heterocycles. The fourth-order valence-corrected chi connectivity index (χ4v) is 4.42. The molecule has 30 heavy (non-hydrogen) atoms. The molecule has 0 aliphatic carbocycles. The number of thiazole rings is 1. The summed E-state index contributed by atoms with van der Waals surface area (Å²) in [6, 6.07) is 11.2. The molecule has 3 amide bonds. The van der Waals surface area contributed by atoms with Gasteiger partial charge < -0.3 is 5.32 Å². The Bertz CT molecular complexity index is 1070. The molecule has 0 spiro atoms. The molecule has 0 bridgehead atoms. The first-order valence-corrected chi connectivity index (χ1v) is 11.5. The summed E-state index contributed by atoms with van der Waals surface area (Å²) in [4.78, 5) is 48.5. The summed E-state index contributed by atoms with van der Waals surface area (Å²) in [5.41, 5.74) is 2.01. The lowest BCUT2D eigenvalue weighted by molar-refractivity contribution is -0.120. The van der Waals surface area contributed by atoms with Crippen molar-refractivity contribution >= 4 is 46.0 Å². The Kier molecular flexibility index (Phi) is 5.91. The number of amides is 3. The maximum atomic E-state index is 13.1. The third-order valence-corrected chi connectivity index (χ3v) is 6.10. The van der Waals surface area contributed by atoms with Gasteiger partial charge in [-0.1, -0.05) is 18.2 Å². The SMILES string of the molecule is CSCCC(C(=O)Nc1nc(-c2ccccn2)cs1)N1C(=O)c2ccccc2C1=O. The second-order valence-electron chi connectivity index (χ2n) is 6.57. The summed E-state index contributed by atoms with van der Waals surface area (Å²) >= 11 is 2.82. The number of imide groups is 1. The largest absolute Gasteiger partial charge is 0.300 e. The number of fused-ring (bicyclic) bond motifs is 1. The Hall–Kier alpha value is -3.04. The lowest BCUT2D eigenvalue weighted by atomic mass is 10.1. The van der Waals surface area contributed by atoms with Gasteiger partial charge in [-0.15, -0.1) is 11.3 Å². The maximum absolute atomic E-state index is 13.1. The van der Waals surface area contributed by atoms with E-state index in [0.29, 0.717) is 39.8 Å². The molecular formula is C21H18N4O3S2. The molecule has 0 saturated heterocycles. The van der Waals surface area contributed by atoms with Crippen LogP contribution in [0.3, 0.4) is 0 Å². The van der Waals surface area contributed by atoms with E-state index >= 15 is 0 Å². The number of carbonyl (C=O) groups is 3. The van der Waals surface area contributed by atoms with Gasteiger partial charge in [0.15, 0.2) is 5.13 Å². The van der Waals surface area contributed by atoms with E-state index in [0.717, 1.165) is 4.90 Å². The van der Waals surface area contributed by atoms with Gasteiger partial charge in [0.1, 0.15) is 11.7 Å². The van der Waals surface area contributed by atoms with Crippen LogP contribution in [0, 0.1) is 0 Å². The minimum absolute atomic E-state index is 0.330. The van der Waals surface area contributed by atoms with E-state index in [9.17, 15) is 14.4 Å². The number of thioether (sulfide) groups is 1. The van der Waals surface area contributed by atoms with Gasteiger partial charge in [-0.25, -0.2) is 4.98 Å². The predicted octanol–water partition coefficient (Wildman–Crippen LogP) is 3.56. The average Bonchev–Trinajstić information content (AvgIpc) is 3.33. The van der Waals surface area contributed by atoms with Crippen LogP contribution in [0.15, 0.2) is 54.0 Å². The minimum atomic E-state index is -0.910. The molecule has 1 unspecified atom stereocenters. The second-order valence-corrected chi connectivity index (χ2v) is 8.41. The molecule has 3 aromatic rings. The first kappa shape index (κ1) is 20.2. The molecule has 0 fully saturated rings. The monoisotopic (exact) mass is 438 g/mol. The molecule has 0 radical (unpaired) electrons. The van der Waals surface area contributed by atoms with E-state index in [1.54, 1.807) is 47.6 Å². The molecule has 3 heterocycles. The Morgan fingerprint density at radius 1 is 1.10 bits per heavy atom. The smallest absolute Gasteiger partial charge is 0.262 e. The summed E-state index contributed by atoms with van der Waals surface area (Å²) in [6.45, 7) is 0. The highest BCUT2D eigenvalue weighted by Gasteiger charge is 2.42. The highest BCUT2D eigenvalue weighted by molar-refractivity contribution is 7.98. The topological polar surface area (TPSA) is 92.3 Å². The number of pyridine rings is 1. The normalized spacial score (nSPS) is 14.0. The van der Waals surface area contributed by atoms with Gasteiger partial charge >= 0.3 is 0 Å². The lowest BCUT2D eigenvalue weighted by Gasteiger charge is -2.24. The number of anilines is 1. The van der Waals surface area contributed by atoms with Crippen LogP contribution in [-0.4, -0.2) is 50.6 Å². The molecule has 152 valence electrons. The third-order valence-electron chi connectivity index (χ3n) is 4.70. The highest BCUT2D eigenvalue weighted by Crippen LogP contribution is 2.28. The van der Waals surface area contributed by atoms with Gasteiger partial charge in [0.05, 0.1) is 16.8 Å². The number of hydrogen-bond acceptors (Lipinski definition) is 7. The van der Waals surface area contributed by atoms with Crippen molar-refractivity contribution < 1.29 is 14.4 Å². The van der Waals surface area contributed by atoms with Gasteiger partial charge in [0.2, 0.25) is 5.91 Å². The zero-order valence-corrected chi connectivity index (χ0v) is 17.7. The van der Waals surface area contributed by atoms with Crippen LogP contribution in [0.1, 0.15) is 27.1 Å². The molecule has 1 N–H and O–H groups in total. The van der Waals surface area contributed by atoms with Crippen LogP contribution in [0.2, 0.25) is 0 Å². The van der Waals surface area contributed by atoms with E-state index in [-0.39, 0.29) is 0 Å². The van der Waals surface area contributed by atoms with E-state index < -0.39 is 23.8 Å². The zero-order chi connectivity index (χ0) is 21.1. The fourth-order valence-electron chi connectivity index (χ4n) is 3.25. The Morgan fingerprint density at radius 2 is 1.80 bits per heavy atom. The van der Waals surface area contributed by atoms with E-state index in [4.69, 9.17) is 0 Å². The summed E-state index contributed by atoms with van der Waals surface area (Å²) in [5.74, 6) is -0.682. The first-order valence-electron chi connectivity index (χ1n) is 9.24. The molecule has 1 aromatic carbocycles. The molecule has 1 atom stereocenters. The number of rotatable bonds is 7. The van der Waals surface area contributed by atoms with Crippen LogP contribution >= 0.6 is 23.1 Å². The first-order chi connectivity index (χ1) is 14.6. The standard InChI is InChI=1S/C21H18N4O3S2/c1-29-11-9-17(25-19(27)13-6-2-3-7-14(13)20(25)28)18(26)24-21-23-16(12-30-21)15-8-4-5-10-22-15/h2-8,10,12,17H,9,11H2,1H3,(H,23,24,26).